The van der Waals surface area contributed by atoms with E-state index < -0.39 is 10.0 Å². The number of amides is 1. The van der Waals surface area contributed by atoms with Crippen molar-refractivity contribution in [3.8, 4) is 5.75 Å². The normalized spacial score (nSPS) is 22.9. The van der Waals surface area contributed by atoms with E-state index in [0.717, 1.165) is 11.6 Å². The molecule has 0 saturated carbocycles. The molecule has 0 aliphatic carbocycles. The number of rotatable bonds is 6. The maximum Gasteiger partial charge on any atom is 0.257 e. The van der Waals surface area contributed by atoms with Crippen LogP contribution in [0.5, 0.6) is 5.75 Å². The Morgan fingerprint density at radius 2 is 2.06 bits per heavy atom. The van der Waals surface area contributed by atoms with Gasteiger partial charge in [0.15, 0.2) is 0 Å². The molecule has 34 heavy (non-hydrogen) atoms. The van der Waals surface area contributed by atoms with Crippen LogP contribution in [0.15, 0.2) is 29.8 Å². The molecule has 11 heteroatoms. The number of nitrogens with one attached hydrogen (secondary N) is 1. The Labute approximate surface area is 206 Å². The van der Waals surface area contributed by atoms with Crippen molar-refractivity contribution in [1.29, 1.82) is 0 Å². The number of nitrogens with zero attached hydrogens (tertiary/aromatic N) is 3. The summed E-state index contributed by atoms with van der Waals surface area (Å²) in [7, 11) is -0.0541. The van der Waals surface area contributed by atoms with Crippen LogP contribution in [0.1, 0.15) is 36.1 Å². The van der Waals surface area contributed by atoms with E-state index in [4.69, 9.17) is 9.47 Å². The van der Waals surface area contributed by atoms with E-state index in [1.54, 1.807) is 61.7 Å². The molecule has 3 rings (SSSR count). The Morgan fingerprint density at radius 1 is 1.29 bits per heavy atom. The third-order valence-corrected chi connectivity index (χ3v) is 8.12. The number of likely N-dealkylation sites (N-methyl/N-ethyl adjacent to an activating group) is 1. The minimum Gasteiger partial charge on any atom is -0.491 e. The fourth-order valence-electron chi connectivity index (χ4n) is 3.89. The SMILES string of the molecule is CCS(=O)(=O)Nc1ccc2c(c1)OC[C@@H](C)N(Cc1nccs1)C[C@@H](C)[C@H](OC)CN(C)C2=O. The van der Waals surface area contributed by atoms with Crippen LogP contribution in [0, 0.1) is 5.92 Å². The highest BCUT2D eigenvalue weighted by molar-refractivity contribution is 7.92. The number of methoxy groups -OCH3 is 1. The standard InChI is InChI=1S/C23H34N4O5S2/c1-6-34(29,30)25-18-7-8-19-20(11-18)32-15-17(3)27(14-22-24-9-10-33-22)12-16(2)21(31-5)13-26(4)23(19)28/h7-11,16-17,21,25H,6,12-15H2,1-5H3/t16-,17-,21-/m1/s1. The molecule has 0 spiro atoms. The Balaban J connectivity index is 1.96. The van der Waals surface area contributed by atoms with Crippen LogP contribution in [-0.4, -0.2) is 80.9 Å². The summed E-state index contributed by atoms with van der Waals surface area (Å²) >= 11 is 1.61. The Morgan fingerprint density at radius 3 is 2.71 bits per heavy atom. The molecule has 0 fully saturated rings. The molecule has 3 atom stereocenters. The highest BCUT2D eigenvalue weighted by Crippen LogP contribution is 2.27. The molecule has 1 aromatic heterocycles. The molecule has 188 valence electrons. The molecule has 0 unspecified atom stereocenters. The zero-order chi connectivity index (χ0) is 24.9. The van der Waals surface area contributed by atoms with Crippen LogP contribution in [0.25, 0.3) is 0 Å². The molecular formula is C23H34N4O5S2. The number of hydrogen-bond acceptors (Lipinski definition) is 8. The summed E-state index contributed by atoms with van der Waals surface area (Å²) in [6.45, 7) is 7.93. The van der Waals surface area contributed by atoms with Gasteiger partial charge in [-0.2, -0.15) is 0 Å². The van der Waals surface area contributed by atoms with Crippen molar-refractivity contribution < 1.29 is 22.7 Å². The van der Waals surface area contributed by atoms with Crippen molar-refractivity contribution >= 4 is 33.0 Å². The quantitative estimate of drug-likeness (QED) is 0.638. The van der Waals surface area contributed by atoms with Crippen LogP contribution >= 0.6 is 11.3 Å². The lowest BCUT2D eigenvalue weighted by Crippen LogP contribution is -2.46. The van der Waals surface area contributed by atoms with Crippen molar-refractivity contribution in [3.63, 3.8) is 0 Å². The van der Waals surface area contributed by atoms with E-state index in [1.165, 1.54) is 0 Å². The van der Waals surface area contributed by atoms with Gasteiger partial charge in [-0.05, 0) is 31.9 Å². The number of aromatic nitrogens is 1. The lowest BCUT2D eigenvalue weighted by atomic mass is 10.0. The summed E-state index contributed by atoms with van der Waals surface area (Å²) in [6.07, 6.45) is 1.65. The average Bonchev–Trinajstić information content (AvgIpc) is 3.32. The average molecular weight is 511 g/mol. The number of carbonyl (C=O) groups is 1. The van der Waals surface area contributed by atoms with Crippen molar-refractivity contribution in [3.05, 3.63) is 40.3 Å². The summed E-state index contributed by atoms with van der Waals surface area (Å²) in [5.41, 5.74) is 0.738. The lowest BCUT2D eigenvalue weighted by molar-refractivity contribution is 0.00921. The number of sulfonamides is 1. The maximum absolute atomic E-state index is 13.3. The minimum absolute atomic E-state index is 0.0138. The molecule has 1 N–H and O–H groups in total. The van der Waals surface area contributed by atoms with Crippen LogP contribution in [0.3, 0.4) is 0 Å². The molecule has 1 aromatic carbocycles. The van der Waals surface area contributed by atoms with E-state index in [2.05, 4.69) is 28.5 Å². The number of ether oxygens (including phenoxy) is 2. The second-order valence-corrected chi connectivity index (χ2v) is 11.7. The van der Waals surface area contributed by atoms with Crippen LogP contribution in [0.4, 0.5) is 5.69 Å². The van der Waals surface area contributed by atoms with E-state index in [1.807, 2.05) is 5.38 Å². The largest absolute Gasteiger partial charge is 0.491 e. The van der Waals surface area contributed by atoms with Gasteiger partial charge in [0.1, 0.15) is 17.4 Å². The minimum atomic E-state index is -3.46. The first-order chi connectivity index (χ1) is 16.1. The van der Waals surface area contributed by atoms with Gasteiger partial charge in [-0.15, -0.1) is 11.3 Å². The van der Waals surface area contributed by atoms with Crippen molar-refractivity contribution in [2.75, 3.05) is 44.3 Å². The first-order valence-corrected chi connectivity index (χ1v) is 13.8. The molecule has 0 bridgehead atoms. The van der Waals surface area contributed by atoms with Gasteiger partial charge in [-0.3, -0.25) is 14.4 Å². The molecule has 9 nitrogen and oxygen atoms in total. The number of anilines is 1. The summed E-state index contributed by atoms with van der Waals surface area (Å²) in [5.74, 6) is 0.248. The third kappa shape index (κ3) is 6.68. The van der Waals surface area contributed by atoms with Gasteiger partial charge < -0.3 is 14.4 Å². The predicted octanol–water partition coefficient (Wildman–Crippen LogP) is 2.91. The Hall–Kier alpha value is -2.21. The van der Waals surface area contributed by atoms with E-state index >= 15 is 0 Å². The Kier molecular flexibility index (Phi) is 8.91. The fraction of sp³-hybridized carbons (Fsp3) is 0.565. The van der Waals surface area contributed by atoms with Crippen LogP contribution < -0.4 is 9.46 Å². The summed E-state index contributed by atoms with van der Waals surface area (Å²) in [6, 6.07) is 4.78. The van der Waals surface area contributed by atoms with Crippen molar-refractivity contribution in [2.45, 2.75) is 39.5 Å². The summed E-state index contributed by atoms with van der Waals surface area (Å²) in [4.78, 5) is 21.6. The van der Waals surface area contributed by atoms with Gasteiger partial charge in [-0.25, -0.2) is 13.4 Å². The Bertz CT molecular complexity index is 1060. The van der Waals surface area contributed by atoms with Crippen molar-refractivity contribution in [2.24, 2.45) is 5.92 Å². The van der Waals surface area contributed by atoms with E-state index in [9.17, 15) is 13.2 Å². The van der Waals surface area contributed by atoms with Gasteiger partial charge in [0, 0.05) is 50.9 Å². The monoisotopic (exact) mass is 510 g/mol. The number of carbonyl (C=O) groups excluding carboxylic acids is 1. The molecule has 1 aliphatic rings. The number of benzene rings is 1. The van der Waals surface area contributed by atoms with E-state index in [-0.39, 0.29) is 29.7 Å². The second kappa shape index (κ2) is 11.5. The predicted molar refractivity (Wildman–Crippen MR) is 134 cm³/mol. The summed E-state index contributed by atoms with van der Waals surface area (Å²) < 4.78 is 38.6. The van der Waals surface area contributed by atoms with E-state index in [0.29, 0.717) is 36.7 Å². The highest BCUT2D eigenvalue weighted by Gasteiger charge is 2.29. The van der Waals surface area contributed by atoms with Crippen LogP contribution in [-0.2, 0) is 21.3 Å². The number of thiazole rings is 1. The van der Waals surface area contributed by atoms with Gasteiger partial charge in [0.25, 0.3) is 5.91 Å². The number of fused-ring (bicyclic) bond motifs is 1. The topological polar surface area (TPSA) is 101 Å². The first-order valence-electron chi connectivity index (χ1n) is 11.3. The molecule has 0 saturated heterocycles. The zero-order valence-corrected chi connectivity index (χ0v) is 22.0. The molecular weight excluding hydrogens is 476 g/mol. The third-order valence-electron chi connectivity index (χ3n) is 6.05. The summed E-state index contributed by atoms with van der Waals surface area (Å²) in [5, 5.41) is 2.98. The van der Waals surface area contributed by atoms with Crippen molar-refractivity contribution in [1.82, 2.24) is 14.8 Å². The van der Waals surface area contributed by atoms with Crippen LogP contribution in [0.2, 0.25) is 0 Å². The van der Waals surface area contributed by atoms with Gasteiger partial charge in [-0.1, -0.05) is 6.92 Å². The maximum atomic E-state index is 13.3. The van der Waals surface area contributed by atoms with Gasteiger partial charge >= 0.3 is 0 Å². The lowest BCUT2D eigenvalue weighted by Gasteiger charge is -2.35. The van der Waals surface area contributed by atoms with Gasteiger partial charge in [0.05, 0.1) is 29.7 Å². The molecule has 1 amide bonds. The molecule has 2 heterocycles. The smallest absolute Gasteiger partial charge is 0.257 e. The second-order valence-electron chi connectivity index (χ2n) is 8.67. The highest BCUT2D eigenvalue weighted by atomic mass is 32.2. The first kappa shape index (κ1) is 26.4. The molecule has 0 radical (unpaired) electrons. The molecule has 1 aliphatic heterocycles. The zero-order valence-electron chi connectivity index (χ0n) is 20.4. The molecule has 2 aromatic rings. The number of hydrogen-bond donors (Lipinski definition) is 1. The fourth-order valence-corrected chi connectivity index (χ4v) is 5.16. The van der Waals surface area contributed by atoms with Gasteiger partial charge in [0.2, 0.25) is 10.0 Å².